The zero-order valence-electron chi connectivity index (χ0n) is 8.60. The maximum atomic E-state index is 6.06. The third kappa shape index (κ3) is 2.23. The molecule has 0 atom stereocenters. The van der Waals surface area contributed by atoms with Crippen molar-refractivity contribution in [3.05, 3.63) is 35.5 Å². The highest BCUT2D eigenvalue weighted by atomic mass is 35.5. The van der Waals surface area contributed by atoms with Gasteiger partial charge in [-0.25, -0.2) is 0 Å². The van der Waals surface area contributed by atoms with Gasteiger partial charge in [-0.2, -0.15) is 0 Å². The molecule has 0 saturated carbocycles. The van der Waals surface area contributed by atoms with Crippen molar-refractivity contribution in [1.82, 2.24) is 15.0 Å². The molecule has 0 fully saturated rings. The molecule has 0 amide bonds. The van der Waals surface area contributed by atoms with E-state index in [2.05, 4.69) is 16.2 Å². The van der Waals surface area contributed by atoms with E-state index in [4.69, 9.17) is 18.0 Å². The van der Waals surface area contributed by atoms with Crippen molar-refractivity contribution in [3.63, 3.8) is 0 Å². The Labute approximate surface area is 99.0 Å². The zero-order valence-corrected chi connectivity index (χ0v) is 9.35. The molecule has 0 aliphatic carbocycles. The van der Waals surface area contributed by atoms with Gasteiger partial charge >= 0.3 is 0 Å². The highest BCUT2D eigenvalue weighted by molar-refractivity contribution is 6.33. The number of terminal acetylenes is 1. The van der Waals surface area contributed by atoms with E-state index in [1.807, 2.05) is 30.5 Å². The summed E-state index contributed by atoms with van der Waals surface area (Å²) < 4.78 is 1.72. The molecule has 0 aliphatic heterocycles. The second-order valence-corrected chi connectivity index (χ2v) is 3.71. The first-order valence-corrected chi connectivity index (χ1v) is 5.27. The van der Waals surface area contributed by atoms with Crippen LogP contribution >= 0.6 is 11.6 Å². The van der Waals surface area contributed by atoms with Gasteiger partial charge in [0, 0.05) is 12.0 Å². The van der Waals surface area contributed by atoms with E-state index in [0.29, 0.717) is 18.0 Å². The minimum absolute atomic E-state index is 0.644. The summed E-state index contributed by atoms with van der Waals surface area (Å²) >= 11 is 6.06. The number of aryl methyl sites for hydroxylation is 1. The van der Waals surface area contributed by atoms with Crippen molar-refractivity contribution < 1.29 is 0 Å². The molecule has 4 heteroatoms. The van der Waals surface area contributed by atoms with Gasteiger partial charge in [-0.1, -0.05) is 35.0 Å². The fourth-order valence-corrected chi connectivity index (χ4v) is 1.61. The van der Waals surface area contributed by atoms with Gasteiger partial charge in [-0.3, -0.25) is 4.68 Å². The molecule has 1 aromatic carbocycles. The normalized spacial score (nSPS) is 10.0. The lowest BCUT2D eigenvalue weighted by molar-refractivity contribution is 0.602. The number of benzene rings is 1. The highest BCUT2D eigenvalue weighted by Crippen LogP contribution is 2.25. The Bertz CT molecular complexity index is 525. The Morgan fingerprint density at radius 2 is 2.19 bits per heavy atom. The number of halogens is 1. The first-order valence-electron chi connectivity index (χ1n) is 4.90. The molecule has 1 aromatic heterocycles. The van der Waals surface area contributed by atoms with Crippen LogP contribution in [0.2, 0.25) is 5.02 Å². The Kier molecular flexibility index (Phi) is 3.23. The van der Waals surface area contributed by atoms with Crippen LogP contribution in [-0.2, 0) is 6.54 Å². The summed E-state index contributed by atoms with van der Waals surface area (Å²) in [5, 5.41) is 8.72. The third-order valence-corrected chi connectivity index (χ3v) is 2.50. The van der Waals surface area contributed by atoms with Gasteiger partial charge in [0.2, 0.25) is 0 Å². The van der Waals surface area contributed by atoms with Crippen molar-refractivity contribution in [3.8, 4) is 23.6 Å². The average Bonchev–Trinajstić information content (AvgIpc) is 2.75. The van der Waals surface area contributed by atoms with Gasteiger partial charge in [0.25, 0.3) is 0 Å². The monoisotopic (exact) mass is 231 g/mol. The van der Waals surface area contributed by atoms with Gasteiger partial charge in [-0.05, 0) is 6.07 Å². The molecule has 1 heterocycles. The van der Waals surface area contributed by atoms with E-state index >= 15 is 0 Å². The topological polar surface area (TPSA) is 30.7 Å². The summed E-state index contributed by atoms with van der Waals surface area (Å²) in [5.74, 6) is 2.56. The molecule has 0 unspecified atom stereocenters. The second-order valence-electron chi connectivity index (χ2n) is 3.30. The average molecular weight is 232 g/mol. The van der Waals surface area contributed by atoms with Crippen LogP contribution in [0.3, 0.4) is 0 Å². The molecule has 2 rings (SSSR count). The van der Waals surface area contributed by atoms with E-state index in [-0.39, 0.29) is 0 Å². The van der Waals surface area contributed by atoms with Crippen LogP contribution in [0.4, 0.5) is 0 Å². The Morgan fingerprint density at radius 1 is 1.38 bits per heavy atom. The predicted octanol–water partition coefficient (Wildman–Crippen LogP) is 2.62. The molecule has 0 aliphatic rings. The molecule has 80 valence electrons. The number of rotatable bonds is 3. The van der Waals surface area contributed by atoms with Crippen LogP contribution in [0.25, 0.3) is 11.3 Å². The lowest BCUT2D eigenvalue weighted by Gasteiger charge is -1.97. The molecule has 0 saturated heterocycles. The largest absolute Gasteiger partial charge is 0.251 e. The van der Waals surface area contributed by atoms with Gasteiger partial charge in [0.1, 0.15) is 5.69 Å². The predicted molar refractivity (Wildman–Crippen MR) is 63.9 cm³/mol. The van der Waals surface area contributed by atoms with Crippen molar-refractivity contribution in [2.45, 2.75) is 13.0 Å². The maximum Gasteiger partial charge on any atom is 0.114 e. The van der Waals surface area contributed by atoms with Crippen LogP contribution in [0.15, 0.2) is 30.5 Å². The fourth-order valence-electron chi connectivity index (χ4n) is 1.38. The van der Waals surface area contributed by atoms with Crippen molar-refractivity contribution in [1.29, 1.82) is 0 Å². The Balaban J connectivity index is 2.26. The SMILES string of the molecule is C#CCCn1cc(-c2ccccc2Cl)nn1. The van der Waals surface area contributed by atoms with Crippen LogP contribution < -0.4 is 0 Å². The van der Waals surface area contributed by atoms with E-state index in [9.17, 15) is 0 Å². The minimum Gasteiger partial charge on any atom is -0.251 e. The lowest BCUT2D eigenvalue weighted by atomic mass is 10.2. The van der Waals surface area contributed by atoms with Crippen molar-refractivity contribution in [2.75, 3.05) is 0 Å². The fraction of sp³-hybridized carbons (Fsp3) is 0.167. The number of aromatic nitrogens is 3. The summed E-state index contributed by atoms with van der Waals surface area (Å²) in [5.41, 5.74) is 1.65. The molecule has 0 bridgehead atoms. The molecule has 0 spiro atoms. The second kappa shape index (κ2) is 4.82. The minimum atomic E-state index is 0.644. The maximum absolute atomic E-state index is 6.06. The molecule has 0 radical (unpaired) electrons. The Hall–Kier alpha value is -1.79. The Morgan fingerprint density at radius 3 is 2.94 bits per heavy atom. The summed E-state index contributed by atoms with van der Waals surface area (Å²) in [4.78, 5) is 0. The first kappa shape index (κ1) is 10.7. The van der Waals surface area contributed by atoms with Gasteiger partial charge < -0.3 is 0 Å². The molecule has 16 heavy (non-hydrogen) atoms. The quantitative estimate of drug-likeness (QED) is 0.761. The summed E-state index contributed by atoms with van der Waals surface area (Å²) in [7, 11) is 0. The van der Waals surface area contributed by atoms with Crippen molar-refractivity contribution >= 4 is 11.6 Å². The van der Waals surface area contributed by atoms with Gasteiger partial charge in [0.05, 0.1) is 17.8 Å². The molecule has 3 nitrogen and oxygen atoms in total. The standard InChI is InChI=1S/C12H10ClN3/c1-2-3-8-16-9-12(14-15-16)10-6-4-5-7-11(10)13/h1,4-7,9H,3,8H2. The highest BCUT2D eigenvalue weighted by Gasteiger charge is 2.06. The molecule has 0 N–H and O–H groups in total. The van der Waals surface area contributed by atoms with E-state index in [0.717, 1.165) is 11.3 Å². The summed E-state index contributed by atoms with van der Waals surface area (Å²) in [6.07, 6.45) is 7.68. The van der Waals surface area contributed by atoms with Crippen LogP contribution in [-0.4, -0.2) is 15.0 Å². The third-order valence-electron chi connectivity index (χ3n) is 2.17. The molecular weight excluding hydrogens is 222 g/mol. The summed E-state index contributed by atoms with van der Waals surface area (Å²) in [6.45, 7) is 0.675. The molecule has 2 aromatic rings. The zero-order chi connectivity index (χ0) is 11.4. The summed E-state index contributed by atoms with van der Waals surface area (Å²) in [6, 6.07) is 7.55. The smallest absolute Gasteiger partial charge is 0.114 e. The molecular formula is C12H10ClN3. The van der Waals surface area contributed by atoms with Crippen LogP contribution in [0, 0.1) is 12.3 Å². The van der Waals surface area contributed by atoms with E-state index in [1.54, 1.807) is 4.68 Å². The van der Waals surface area contributed by atoms with Gasteiger partial charge in [-0.15, -0.1) is 17.4 Å². The van der Waals surface area contributed by atoms with Gasteiger partial charge in [0.15, 0.2) is 0 Å². The number of hydrogen-bond acceptors (Lipinski definition) is 2. The van der Waals surface area contributed by atoms with E-state index < -0.39 is 0 Å². The lowest BCUT2D eigenvalue weighted by Crippen LogP contribution is -1.97. The van der Waals surface area contributed by atoms with E-state index in [1.165, 1.54) is 0 Å². The number of hydrogen-bond donors (Lipinski definition) is 0. The number of nitrogens with zero attached hydrogens (tertiary/aromatic N) is 3. The van der Waals surface area contributed by atoms with Crippen LogP contribution in [0.5, 0.6) is 0 Å². The van der Waals surface area contributed by atoms with Crippen LogP contribution in [0.1, 0.15) is 6.42 Å². The first-order chi connectivity index (χ1) is 7.81. The van der Waals surface area contributed by atoms with Crippen molar-refractivity contribution in [2.24, 2.45) is 0 Å².